The molecule has 4 N–H and O–H groups in total. The molecule has 2 aliphatic rings. The van der Waals surface area contributed by atoms with Gasteiger partial charge in [0.05, 0.1) is 26.1 Å². The van der Waals surface area contributed by atoms with E-state index >= 15 is 0 Å². The number of benzene rings is 2. The highest BCUT2D eigenvalue weighted by Gasteiger charge is 2.40. The Morgan fingerprint density at radius 3 is 2.18 bits per heavy atom. The summed E-state index contributed by atoms with van der Waals surface area (Å²) in [7, 11) is 1.70. The molecule has 1 fully saturated rings. The van der Waals surface area contributed by atoms with Crippen LogP contribution in [0.25, 0.3) is 0 Å². The van der Waals surface area contributed by atoms with Gasteiger partial charge in [0.1, 0.15) is 5.75 Å². The molecule has 1 saturated heterocycles. The molecule has 1 atom stereocenters. The predicted molar refractivity (Wildman–Crippen MR) is 136 cm³/mol. The number of aliphatic hydroxyl groups is 1. The van der Waals surface area contributed by atoms with E-state index < -0.39 is 36.4 Å². The van der Waals surface area contributed by atoms with Crippen LogP contribution in [0, 0.1) is 0 Å². The van der Waals surface area contributed by atoms with E-state index in [1.54, 1.807) is 7.11 Å². The van der Waals surface area contributed by atoms with E-state index in [0.29, 0.717) is 6.10 Å². The number of carbonyl (C=O) groups is 3. The monoisotopic (exact) mass is 547 g/mol. The van der Waals surface area contributed by atoms with Gasteiger partial charge in [0, 0.05) is 37.9 Å². The fourth-order valence-electron chi connectivity index (χ4n) is 4.34. The lowest BCUT2D eigenvalue weighted by Gasteiger charge is -2.26. The summed E-state index contributed by atoms with van der Waals surface area (Å²) in [5.74, 6) is -2.65. The highest BCUT2D eigenvalue weighted by atomic mass is 16.7. The molecule has 12 heteroatoms. The van der Waals surface area contributed by atoms with Gasteiger partial charge in [0.2, 0.25) is 6.79 Å². The lowest BCUT2D eigenvalue weighted by Crippen LogP contribution is -2.42. The maximum Gasteiger partial charge on any atom is 0.336 e. The third-order valence-corrected chi connectivity index (χ3v) is 6.19. The van der Waals surface area contributed by atoms with Crippen LogP contribution < -0.4 is 14.2 Å². The number of nitrogens with zero attached hydrogens (tertiary/aromatic N) is 1. The zero-order chi connectivity index (χ0) is 28.4. The minimum Gasteiger partial charge on any atom is -0.496 e. The normalized spacial score (nSPS) is 15.9. The number of rotatable bonds is 12. The van der Waals surface area contributed by atoms with E-state index in [4.69, 9.17) is 39.4 Å². The van der Waals surface area contributed by atoms with Gasteiger partial charge in [0.15, 0.2) is 17.1 Å². The van der Waals surface area contributed by atoms with Crippen LogP contribution in [0.5, 0.6) is 17.2 Å². The number of ether oxygens (including phenoxy) is 4. The zero-order valence-corrected chi connectivity index (χ0v) is 21.6. The lowest BCUT2D eigenvalue weighted by molar-refractivity contribution is -0.170. The molecule has 39 heavy (non-hydrogen) atoms. The van der Waals surface area contributed by atoms with Crippen LogP contribution in [0.4, 0.5) is 0 Å². The van der Waals surface area contributed by atoms with Gasteiger partial charge in [-0.25, -0.2) is 4.79 Å². The van der Waals surface area contributed by atoms with Gasteiger partial charge in [-0.1, -0.05) is 30.3 Å². The quantitative estimate of drug-likeness (QED) is 0.306. The molecular weight excluding hydrogens is 514 g/mol. The molecule has 2 aromatic rings. The van der Waals surface area contributed by atoms with Crippen LogP contribution in [0.1, 0.15) is 36.8 Å². The van der Waals surface area contributed by atoms with Crippen molar-refractivity contribution in [1.29, 1.82) is 0 Å². The van der Waals surface area contributed by atoms with Gasteiger partial charge in [-0.2, -0.15) is 0 Å². The van der Waals surface area contributed by atoms with Gasteiger partial charge < -0.3 is 39.4 Å². The average Bonchev–Trinajstić information content (AvgIpc) is 3.55. The van der Waals surface area contributed by atoms with Gasteiger partial charge in [-0.3, -0.25) is 14.5 Å². The molecule has 212 valence electrons. The van der Waals surface area contributed by atoms with Crippen molar-refractivity contribution in [2.24, 2.45) is 0 Å². The molecule has 2 aromatic carbocycles. The first-order valence-corrected chi connectivity index (χ1v) is 12.3. The van der Waals surface area contributed by atoms with Crippen molar-refractivity contribution < 1.29 is 53.8 Å². The summed E-state index contributed by atoms with van der Waals surface area (Å²) in [6.07, 6.45) is 0.294. The van der Waals surface area contributed by atoms with Crippen molar-refractivity contribution in [3.05, 3.63) is 53.6 Å². The Bertz CT molecular complexity index is 1120. The summed E-state index contributed by atoms with van der Waals surface area (Å²) >= 11 is 0. The van der Waals surface area contributed by atoms with E-state index in [1.807, 2.05) is 12.1 Å². The maximum absolute atomic E-state index is 10.3. The van der Waals surface area contributed by atoms with Crippen LogP contribution in [0.2, 0.25) is 0 Å². The molecule has 4 rings (SSSR count). The summed E-state index contributed by atoms with van der Waals surface area (Å²) in [4.78, 5) is 32.9. The van der Waals surface area contributed by atoms with E-state index in [1.165, 1.54) is 5.56 Å². The standard InChI is InChI=1S/C21H25NO4.C6H8O7/c1-23-19-11-21-20(25-15-26-21)10-17(19)13-22(14-18-8-5-9-24-18)12-16-6-3-2-4-7-16;7-3(8)1-6(13,5(11)12)2-4(9)10/h2-4,6-7,10-11,18H,5,8-9,12-15H2,1H3;13H,1-2H2,(H,7,8)(H,9,10)(H,11,12). The number of fused-ring (bicyclic) bond motifs is 1. The smallest absolute Gasteiger partial charge is 0.336 e. The molecule has 2 heterocycles. The summed E-state index contributed by atoms with van der Waals surface area (Å²) in [6.45, 7) is 3.70. The molecule has 1 unspecified atom stereocenters. The van der Waals surface area contributed by atoms with E-state index in [9.17, 15) is 14.4 Å². The lowest BCUT2D eigenvalue weighted by atomic mass is 9.96. The van der Waals surface area contributed by atoms with E-state index in [-0.39, 0.29) is 6.79 Å². The van der Waals surface area contributed by atoms with Crippen LogP contribution >= 0.6 is 0 Å². The molecule has 0 spiro atoms. The second kappa shape index (κ2) is 13.8. The number of hydrogen-bond donors (Lipinski definition) is 4. The molecule has 2 aliphatic heterocycles. The molecular formula is C27H33NO11. The number of hydrogen-bond acceptors (Lipinski definition) is 9. The predicted octanol–water partition coefficient (Wildman–Crippen LogP) is 2.36. The Kier molecular flexibility index (Phi) is 10.5. The summed E-state index contributed by atoms with van der Waals surface area (Å²) in [6, 6.07) is 14.5. The Labute approximate surface area is 225 Å². The second-order valence-electron chi connectivity index (χ2n) is 9.29. The van der Waals surface area contributed by atoms with Crippen LogP contribution in [0.3, 0.4) is 0 Å². The van der Waals surface area contributed by atoms with Crippen molar-refractivity contribution in [3.8, 4) is 17.2 Å². The van der Waals surface area contributed by atoms with Crippen molar-refractivity contribution in [1.82, 2.24) is 4.90 Å². The van der Waals surface area contributed by atoms with Crippen LogP contribution in [-0.2, 0) is 32.2 Å². The molecule has 0 radical (unpaired) electrons. The number of aliphatic carboxylic acids is 3. The zero-order valence-electron chi connectivity index (χ0n) is 21.6. The molecule has 0 saturated carbocycles. The average molecular weight is 548 g/mol. The SMILES string of the molecule is COc1cc2c(cc1CN(Cc1ccccc1)CC1CCCO1)OCO2.O=C(O)CC(O)(CC(=O)O)C(=O)O. The third kappa shape index (κ3) is 8.84. The fraction of sp³-hybridized carbons (Fsp3) is 0.444. The van der Waals surface area contributed by atoms with E-state index in [2.05, 4.69) is 35.2 Å². The molecule has 0 amide bonds. The first kappa shape index (κ1) is 29.7. The minimum absolute atomic E-state index is 0.269. The number of carboxylic acids is 3. The van der Waals surface area contributed by atoms with Crippen molar-refractivity contribution >= 4 is 17.9 Å². The number of methoxy groups -OCH3 is 1. The third-order valence-electron chi connectivity index (χ3n) is 6.19. The van der Waals surface area contributed by atoms with Gasteiger partial charge in [-0.05, 0) is 24.5 Å². The number of carboxylic acid groups (broad SMARTS) is 3. The first-order chi connectivity index (χ1) is 18.6. The Morgan fingerprint density at radius 1 is 1.00 bits per heavy atom. The highest BCUT2D eigenvalue weighted by Crippen LogP contribution is 2.38. The summed E-state index contributed by atoms with van der Waals surface area (Å²) < 4.78 is 22.5. The van der Waals surface area contributed by atoms with Crippen molar-refractivity contribution in [2.75, 3.05) is 27.1 Å². The minimum atomic E-state index is -2.74. The highest BCUT2D eigenvalue weighted by molar-refractivity contribution is 5.88. The van der Waals surface area contributed by atoms with E-state index in [0.717, 1.165) is 61.9 Å². The Morgan fingerprint density at radius 2 is 1.64 bits per heavy atom. The van der Waals surface area contributed by atoms with Crippen molar-refractivity contribution in [3.63, 3.8) is 0 Å². The maximum atomic E-state index is 10.3. The van der Waals surface area contributed by atoms with Crippen LogP contribution in [0.15, 0.2) is 42.5 Å². The fourth-order valence-corrected chi connectivity index (χ4v) is 4.34. The Hall–Kier alpha value is -3.87. The summed E-state index contributed by atoms with van der Waals surface area (Å²) in [5.41, 5.74) is -0.339. The Balaban J connectivity index is 0.000000276. The van der Waals surface area contributed by atoms with Crippen LogP contribution in [-0.4, -0.2) is 82.0 Å². The molecule has 12 nitrogen and oxygen atoms in total. The van der Waals surface area contributed by atoms with Gasteiger partial charge in [-0.15, -0.1) is 0 Å². The molecule has 0 aromatic heterocycles. The van der Waals surface area contributed by atoms with Gasteiger partial charge in [0.25, 0.3) is 0 Å². The van der Waals surface area contributed by atoms with Gasteiger partial charge >= 0.3 is 17.9 Å². The molecule has 0 bridgehead atoms. The van der Waals surface area contributed by atoms with Crippen molar-refractivity contribution in [2.45, 2.75) is 50.5 Å². The largest absolute Gasteiger partial charge is 0.496 e. The first-order valence-electron chi connectivity index (χ1n) is 12.3. The topological polar surface area (TPSA) is 172 Å². The second-order valence-corrected chi connectivity index (χ2v) is 9.29. The summed E-state index contributed by atoms with van der Waals surface area (Å²) in [5, 5.41) is 33.8. The molecule has 0 aliphatic carbocycles.